The highest BCUT2D eigenvalue weighted by Crippen LogP contribution is 2.35. The fraction of sp³-hybridized carbons (Fsp3) is 0.500. The van der Waals surface area contributed by atoms with Gasteiger partial charge in [-0.1, -0.05) is 0 Å². The van der Waals surface area contributed by atoms with Gasteiger partial charge >= 0.3 is 0 Å². The smallest absolute Gasteiger partial charge is 0.241 e. The van der Waals surface area contributed by atoms with E-state index in [-0.39, 0.29) is 6.54 Å². The van der Waals surface area contributed by atoms with Crippen LogP contribution in [0.15, 0.2) is 11.6 Å². The molecule has 8 nitrogen and oxygen atoms in total. The van der Waals surface area contributed by atoms with Crippen molar-refractivity contribution in [3.05, 3.63) is 23.0 Å². The first-order chi connectivity index (χ1) is 11.0. The average molecular weight is 373 g/mol. The van der Waals surface area contributed by atoms with Crippen molar-refractivity contribution in [2.45, 2.75) is 24.5 Å². The fourth-order valence-electron chi connectivity index (χ4n) is 2.47. The van der Waals surface area contributed by atoms with Crippen molar-refractivity contribution in [3.63, 3.8) is 0 Å². The molecule has 2 aromatic rings. The van der Waals surface area contributed by atoms with Crippen LogP contribution in [0.4, 0.5) is 5.13 Å². The molecule has 11 heteroatoms. The second-order valence-corrected chi connectivity index (χ2v) is 8.81. The molecule has 2 aromatic heterocycles. The maximum absolute atomic E-state index is 12.8. The molecule has 3 rings (SSSR count). The molecule has 1 atom stereocenters. The summed E-state index contributed by atoms with van der Waals surface area (Å²) in [4.78, 5) is 15.9. The van der Waals surface area contributed by atoms with Crippen molar-refractivity contribution in [2.24, 2.45) is 0 Å². The van der Waals surface area contributed by atoms with E-state index in [4.69, 9.17) is 0 Å². The number of thiazole rings is 1. The van der Waals surface area contributed by atoms with Crippen molar-refractivity contribution in [1.29, 1.82) is 0 Å². The molecule has 0 saturated heterocycles. The van der Waals surface area contributed by atoms with Crippen molar-refractivity contribution < 1.29 is 13.2 Å². The second-order valence-electron chi connectivity index (χ2n) is 5.16. The number of sulfonamides is 1. The van der Waals surface area contributed by atoms with E-state index < -0.39 is 21.2 Å². The van der Waals surface area contributed by atoms with Gasteiger partial charge in [-0.05, 0) is 19.3 Å². The molecule has 1 unspecified atom stereocenters. The average Bonchev–Trinajstić information content (AvgIpc) is 3.17. The Morgan fingerprint density at radius 1 is 1.48 bits per heavy atom. The standard InChI is InChI=1S/C12H15N5O3S3/c1-17(7-10(18)14-12-13-5-6-21-12)23(19,20)9-4-2-3-8-11(9)16-22-15-8/h5-6,9H,2-4,7H2,1H3,(H,13,14,18). The third-order valence-electron chi connectivity index (χ3n) is 3.61. The predicted octanol–water partition coefficient (Wildman–Crippen LogP) is 1.27. The van der Waals surface area contributed by atoms with Crippen LogP contribution in [-0.4, -0.2) is 46.0 Å². The van der Waals surface area contributed by atoms with Crippen molar-refractivity contribution in [1.82, 2.24) is 18.0 Å². The first-order valence-corrected chi connectivity index (χ1v) is 10.1. The maximum atomic E-state index is 12.8. The monoisotopic (exact) mass is 373 g/mol. The molecular formula is C12H15N5O3S3. The van der Waals surface area contributed by atoms with E-state index in [0.717, 1.165) is 34.6 Å². The molecule has 0 aliphatic heterocycles. The minimum Gasteiger partial charge on any atom is -0.301 e. The van der Waals surface area contributed by atoms with E-state index in [9.17, 15) is 13.2 Å². The largest absolute Gasteiger partial charge is 0.301 e. The molecule has 1 aliphatic rings. The molecule has 124 valence electrons. The van der Waals surface area contributed by atoms with Crippen LogP contribution in [0.3, 0.4) is 0 Å². The molecule has 23 heavy (non-hydrogen) atoms. The Bertz CT molecular complexity index is 787. The molecule has 1 N–H and O–H groups in total. The first-order valence-electron chi connectivity index (χ1n) is 6.94. The molecule has 0 aromatic carbocycles. The summed E-state index contributed by atoms with van der Waals surface area (Å²) in [5.74, 6) is -0.418. The number of nitrogens with zero attached hydrogens (tertiary/aromatic N) is 4. The molecule has 0 saturated carbocycles. The zero-order chi connectivity index (χ0) is 16.4. The lowest BCUT2D eigenvalue weighted by atomic mass is 10.0. The number of amides is 1. The Hall–Kier alpha value is -1.43. The summed E-state index contributed by atoms with van der Waals surface area (Å²) in [7, 11) is -2.25. The van der Waals surface area contributed by atoms with Crippen LogP contribution < -0.4 is 5.32 Å². The van der Waals surface area contributed by atoms with E-state index in [1.54, 1.807) is 11.6 Å². The molecule has 1 amide bonds. The van der Waals surface area contributed by atoms with Crippen LogP contribution >= 0.6 is 23.1 Å². The predicted molar refractivity (Wildman–Crippen MR) is 87.9 cm³/mol. The van der Waals surface area contributed by atoms with Gasteiger partial charge < -0.3 is 5.32 Å². The number of carbonyl (C=O) groups excluding carboxylic acids is 1. The Kier molecular flexibility index (Phi) is 4.71. The summed E-state index contributed by atoms with van der Waals surface area (Å²) < 4.78 is 34.9. The quantitative estimate of drug-likeness (QED) is 0.846. The number of rotatable bonds is 5. The highest BCUT2D eigenvalue weighted by molar-refractivity contribution is 7.89. The Balaban J connectivity index is 1.71. The Morgan fingerprint density at radius 3 is 3.04 bits per heavy atom. The SMILES string of the molecule is CN(CC(=O)Nc1nccs1)S(=O)(=O)C1CCCc2nsnc21. The fourth-order valence-corrected chi connectivity index (χ4v) is 5.39. The minimum atomic E-state index is -3.66. The lowest BCUT2D eigenvalue weighted by molar-refractivity contribution is -0.116. The van der Waals surface area contributed by atoms with Gasteiger partial charge in [0.15, 0.2) is 5.13 Å². The summed E-state index contributed by atoms with van der Waals surface area (Å²) in [6.07, 6.45) is 3.58. The molecule has 0 bridgehead atoms. The van der Waals surface area contributed by atoms with Crippen LogP contribution in [0.2, 0.25) is 0 Å². The van der Waals surface area contributed by atoms with Gasteiger partial charge in [-0.25, -0.2) is 13.4 Å². The van der Waals surface area contributed by atoms with Gasteiger partial charge in [-0.15, -0.1) is 11.3 Å². The van der Waals surface area contributed by atoms with Crippen molar-refractivity contribution in [2.75, 3.05) is 18.9 Å². The number of aryl methyl sites for hydroxylation is 1. The van der Waals surface area contributed by atoms with Crippen molar-refractivity contribution >= 4 is 44.1 Å². The highest BCUT2D eigenvalue weighted by Gasteiger charge is 2.37. The Labute approximate surface area is 141 Å². The van der Waals surface area contributed by atoms with Crippen LogP contribution in [0, 0.1) is 0 Å². The van der Waals surface area contributed by atoms with Gasteiger partial charge in [0.1, 0.15) is 5.25 Å². The lowest BCUT2D eigenvalue weighted by Gasteiger charge is -2.25. The van der Waals surface area contributed by atoms with E-state index in [1.807, 2.05) is 0 Å². The molecule has 0 spiro atoms. The van der Waals surface area contributed by atoms with Crippen LogP contribution in [0.25, 0.3) is 0 Å². The van der Waals surface area contributed by atoms with Crippen molar-refractivity contribution in [3.8, 4) is 0 Å². The number of hydrogen-bond acceptors (Lipinski definition) is 8. The number of nitrogens with one attached hydrogen (secondary N) is 1. The van der Waals surface area contributed by atoms with Gasteiger partial charge in [0.25, 0.3) is 0 Å². The maximum Gasteiger partial charge on any atom is 0.241 e. The van der Waals surface area contributed by atoms with Gasteiger partial charge in [-0.2, -0.15) is 13.1 Å². The van der Waals surface area contributed by atoms with Crippen LogP contribution in [-0.2, 0) is 21.2 Å². The summed E-state index contributed by atoms with van der Waals surface area (Å²) in [5.41, 5.74) is 1.30. The normalized spacial score (nSPS) is 17.9. The topological polar surface area (TPSA) is 105 Å². The number of carbonyl (C=O) groups is 1. The number of aromatic nitrogens is 3. The number of fused-ring (bicyclic) bond motifs is 1. The molecule has 0 radical (unpaired) electrons. The van der Waals surface area contributed by atoms with Gasteiger partial charge in [0, 0.05) is 18.6 Å². The van der Waals surface area contributed by atoms with E-state index in [0.29, 0.717) is 17.2 Å². The molecule has 2 heterocycles. The number of likely N-dealkylation sites (N-methyl/N-ethyl adjacent to an activating group) is 1. The molecular weight excluding hydrogens is 358 g/mol. The minimum absolute atomic E-state index is 0.259. The Morgan fingerprint density at radius 2 is 2.30 bits per heavy atom. The lowest BCUT2D eigenvalue weighted by Crippen LogP contribution is -2.38. The third-order valence-corrected chi connectivity index (χ3v) is 7.05. The van der Waals surface area contributed by atoms with E-state index in [2.05, 4.69) is 19.0 Å². The molecule has 0 fully saturated rings. The second kappa shape index (κ2) is 6.59. The molecule has 1 aliphatic carbocycles. The third kappa shape index (κ3) is 3.42. The summed E-state index contributed by atoms with van der Waals surface area (Å²) in [5, 5.41) is 4.04. The zero-order valence-corrected chi connectivity index (χ0v) is 14.7. The number of hydrogen-bond donors (Lipinski definition) is 1. The first kappa shape index (κ1) is 16.4. The zero-order valence-electron chi connectivity index (χ0n) is 12.3. The van der Waals surface area contributed by atoms with Gasteiger partial charge in [0.2, 0.25) is 15.9 Å². The summed E-state index contributed by atoms with van der Waals surface area (Å²) in [6.45, 7) is -0.259. The van der Waals surface area contributed by atoms with Crippen LogP contribution in [0.1, 0.15) is 29.5 Å². The summed E-state index contributed by atoms with van der Waals surface area (Å²) in [6, 6.07) is 0. The van der Waals surface area contributed by atoms with Gasteiger partial charge in [-0.3, -0.25) is 4.79 Å². The number of anilines is 1. The highest BCUT2D eigenvalue weighted by atomic mass is 32.2. The van der Waals surface area contributed by atoms with Gasteiger partial charge in [0.05, 0.1) is 29.7 Å². The van der Waals surface area contributed by atoms with E-state index >= 15 is 0 Å². The van der Waals surface area contributed by atoms with E-state index in [1.165, 1.54) is 18.4 Å². The summed E-state index contributed by atoms with van der Waals surface area (Å²) >= 11 is 2.31. The van der Waals surface area contributed by atoms with Crippen LogP contribution in [0.5, 0.6) is 0 Å².